The summed E-state index contributed by atoms with van der Waals surface area (Å²) < 4.78 is 2.25. The highest BCUT2D eigenvalue weighted by Gasteiger charge is 2.35. The fraction of sp³-hybridized carbons (Fsp3) is 0.632. The van der Waals surface area contributed by atoms with Crippen molar-refractivity contribution in [3.8, 4) is 10.7 Å². The van der Waals surface area contributed by atoms with Crippen LogP contribution < -0.4 is 0 Å². The summed E-state index contributed by atoms with van der Waals surface area (Å²) in [5.41, 5.74) is 0. The molecule has 5 nitrogen and oxygen atoms in total. The quantitative estimate of drug-likeness (QED) is 0.700. The number of hydrogen-bond donors (Lipinski definition) is 0. The summed E-state index contributed by atoms with van der Waals surface area (Å²) in [6, 6.07) is 5.28. The van der Waals surface area contributed by atoms with Crippen LogP contribution in [0, 0.1) is 0 Å². The van der Waals surface area contributed by atoms with Crippen LogP contribution in [-0.2, 0) is 4.79 Å². The molecule has 3 atom stereocenters. The van der Waals surface area contributed by atoms with E-state index in [1.807, 2.05) is 13.0 Å². The summed E-state index contributed by atoms with van der Waals surface area (Å²) in [5, 5.41) is 11.7. The first-order chi connectivity index (χ1) is 12.6. The Kier molecular flexibility index (Phi) is 5.10. The fourth-order valence-corrected chi connectivity index (χ4v) is 5.55. The van der Waals surface area contributed by atoms with Crippen molar-refractivity contribution in [2.45, 2.75) is 81.4 Å². The van der Waals surface area contributed by atoms with Gasteiger partial charge in [-0.3, -0.25) is 9.36 Å². The minimum absolute atomic E-state index is 0.143. The Morgan fingerprint density at radius 1 is 1.23 bits per heavy atom. The van der Waals surface area contributed by atoms with Crippen LogP contribution in [0.1, 0.15) is 58.9 Å². The van der Waals surface area contributed by atoms with Crippen LogP contribution in [0.15, 0.2) is 22.7 Å². The van der Waals surface area contributed by atoms with Crippen molar-refractivity contribution >= 4 is 29.0 Å². The van der Waals surface area contributed by atoms with Crippen LogP contribution in [0.4, 0.5) is 0 Å². The van der Waals surface area contributed by atoms with E-state index >= 15 is 0 Å². The van der Waals surface area contributed by atoms with Gasteiger partial charge in [0.15, 0.2) is 11.0 Å². The first kappa shape index (κ1) is 18.0. The van der Waals surface area contributed by atoms with Gasteiger partial charge in [-0.15, -0.1) is 21.5 Å². The van der Waals surface area contributed by atoms with E-state index in [0.717, 1.165) is 28.7 Å². The van der Waals surface area contributed by atoms with Crippen molar-refractivity contribution in [3.05, 3.63) is 17.5 Å². The molecule has 1 aliphatic carbocycles. The van der Waals surface area contributed by atoms with Crippen LogP contribution in [0.3, 0.4) is 0 Å². The number of likely N-dealkylation sites (tertiary alicyclic amines) is 1. The molecule has 2 aromatic rings. The summed E-state index contributed by atoms with van der Waals surface area (Å²) in [4.78, 5) is 16.3. The highest BCUT2D eigenvalue weighted by molar-refractivity contribution is 8.00. The summed E-state index contributed by atoms with van der Waals surface area (Å²) in [7, 11) is 0. The SMILES string of the molecule is C[C@H](Sc1nnc(-c2cccs2)n1C1CC1)C(=O)N1[C@H](C)CCC[C@H]1C. The first-order valence-electron chi connectivity index (χ1n) is 9.54. The second kappa shape index (κ2) is 7.35. The molecule has 26 heavy (non-hydrogen) atoms. The van der Waals surface area contributed by atoms with Crippen LogP contribution >= 0.6 is 23.1 Å². The normalized spacial score (nSPS) is 24.7. The molecule has 2 aliphatic rings. The van der Waals surface area contributed by atoms with E-state index in [-0.39, 0.29) is 11.2 Å². The first-order valence-corrected chi connectivity index (χ1v) is 11.3. The van der Waals surface area contributed by atoms with Crippen molar-refractivity contribution in [3.63, 3.8) is 0 Å². The minimum Gasteiger partial charge on any atom is -0.336 e. The molecule has 7 heteroatoms. The number of piperidine rings is 1. The van der Waals surface area contributed by atoms with E-state index in [0.29, 0.717) is 18.1 Å². The van der Waals surface area contributed by atoms with Crippen molar-refractivity contribution in [2.24, 2.45) is 0 Å². The molecule has 1 saturated carbocycles. The third-order valence-corrected chi connectivity index (χ3v) is 7.31. The number of thioether (sulfide) groups is 1. The van der Waals surface area contributed by atoms with Gasteiger partial charge in [0.2, 0.25) is 5.91 Å². The van der Waals surface area contributed by atoms with E-state index in [9.17, 15) is 4.79 Å². The maximum Gasteiger partial charge on any atom is 0.236 e. The standard InChI is InChI=1S/C19H26N4OS2/c1-12-6-4-7-13(2)22(12)18(24)14(3)26-19-21-20-17(16-8-5-11-25-16)23(19)15-9-10-15/h5,8,11-15H,4,6-7,9-10H2,1-3H3/t12-,13-,14+/m1/s1. The molecule has 4 rings (SSSR count). The lowest BCUT2D eigenvalue weighted by Crippen LogP contribution is -2.50. The Balaban J connectivity index is 1.54. The summed E-state index contributed by atoms with van der Waals surface area (Å²) in [6.45, 7) is 6.36. The number of amides is 1. The topological polar surface area (TPSA) is 51.0 Å². The average molecular weight is 391 g/mol. The molecule has 0 aromatic carbocycles. The Labute approximate surface area is 163 Å². The van der Waals surface area contributed by atoms with Crippen LogP contribution in [-0.4, -0.2) is 42.9 Å². The molecule has 0 radical (unpaired) electrons. The molecule has 2 aromatic heterocycles. The molecule has 1 aliphatic heterocycles. The summed E-state index contributed by atoms with van der Waals surface area (Å²) >= 11 is 3.25. The number of hydrogen-bond acceptors (Lipinski definition) is 5. The smallest absolute Gasteiger partial charge is 0.236 e. The molecule has 140 valence electrons. The lowest BCUT2D eigenvalue weighted by atomic mass is 9.97. The zero-order valence-electron chi connectivity index (χ0n) is 15.6. The monoisotopic (exact) mass is 390 g/mol. The van der Waals surface area contributed by atoms with Gasteiger partial charge in [-0.05, 0) is 64.3 Å². The van der Waals surface area contributed by atoms with Crippen molar-refractivity contribution < 1.29 is 4.79 Å². The van der Waals surface area contributed by atoms with Gasteiger partial charge in [-0.1, -0.05) is 17.8 Å². The van der Waals surface area contributed by atoms with Gasteiger partial charge in [0.1, 0.15) is 0 Å². The van der Waals surface area contributed by atoms with Gasteiger partial charge in [0.05, 0.1) is 10.1 Å². The molecule has 1 saturated heterocycles. The van der Waals surface area contributed by atoms with Crippen molar-refractivity contribution in [1.29, 1.82) is 0 Å². The number of carbonyl (C=O) groups is 1. The lowest BCUT2D eigenvalue weighted by molar-refractivity contribution is -0.136. The maximum absolute atomic E-state index is 13.1. The van der Waals surface area contributed by atoms with E-state index in [1.54, 1.807) is 23.1 Å². The van der Waals surface area contributed by atoms with E-state index in [2.05, 4.69) is 45.0 Å². The van der Waals surface area contributed by atoms with Gasteiger partial charge >= 0.3 is 0 Å². The Morgan fingerprint density at radius 2 is 1.96 bits per heavy atom. The summed E-state index contributed by atoms with van der Waals surface area (Å²) in [5.74, 6) is 1.18. The highest BCUT2D eigenvalue weighted by atomic mass is 32.2. The van der Waals surface area contributed by atoms with Gasteiger partial charge in [-0.25, -0.2) is 0 Å². The van der Waals surface area contributed by atoms with Crippen LogP contribution in [0.5, 0.6) is 0 Å². The Hall–Kier alpha value is -1.34. The predicted octanol–water partition coefficient (Wildman–Crippen LogP) is 4.61. The van der Waals surface area contributed by atoms with Crippen molar-refractivity contribution in [2.75, 3.05) is 0 Å². The molecule has 0 unspecified atom stereocenters. The second-order valence-corrected chi connectivity index (χ2v) is 9.77. The summed E-state index contributed by atoms with van der Waals surface area (Å²) in [6.07, 6.45) is 5.77. The zero-order valence-corrected chi connectivity index (χ0v) is 17.2. The minimum atomic E-state index is -0.143. The second-order valence-electron chi connectivity index (χ2n) is 7.52. The fourth-order valence-electron chi connectivity index (χ4n) is 3.87. The van der Waals surface area contributed by atoms with Gasteiger partial charge in [0, 0.05) is 18.1 Å². The maximum atomic E-state index is 13.1. The van der Waals surface area contributed by atoms with Crippen LogP contribution in [0.2, 0.25) is 0 Å². The predicted molar refractivity (Wildman–Crippen MR) is 107 cm³/mol. The van der Waals surface area contributed by atoms with Crippen molar-refractivity contribution in [1.82, 2.24) is 19.7 Å². The third kappa shape index (κ3) is 3.43. The van der Waals surface area contributed by atoms with Crippen LogP contribution in [0.25, 0.3) is 10.7 Å². The molecule has 3 heterocycles. The molecule has 0 N–H and O–H groups in total. The van der Waals surface area contributed by atoms with Gasteiger partial charge < -0.3 is 4.90 Å². The lowest BCUT2D eigenvalue weighted by Gasteiger charge is -2.40. The molecule has 2 fully saturated rings. The number of rotatable bonds is 5. The van der Waals surface area contributed by atoms with Gasteiger partial charge in [0.25, 0.3) is 0 Å². The number of carbonyl (C=O) groups excluding carboxylic acids is 1. The number of aromatic nitrogens is 3. The largest absolute Gasteiger partial charge is 0.336 e. The van der Waals surface area contributed by atoms with E-state index < -0.39 is 0 Å². The molecule has 1 amide bonds. The number of thiophene rings is 1. The molecular formula is C19H26N4OS2. The Morgan fingerprint density at radius 3 is 2.58 bits per heavy atom. The van der Waals surface area contributed by atoms with E-state index in [1.165, 1.54) is 19.3 Å². The van der Waals surface area contributed by atoms with E-state index in [4.69, 9.17) is 0 Å². The molecule has 0 bridgehead atoms. The average Bonchev–Trinajstić information content (AvgIpc) is 3.14. The Bertz CT molecular complexity index is 759. The zero-order chi connectivity index (χ0) is 18.3. The van der Waals surface area contributed by atoms with Gasteiger partial charge in [-0.2, -0.15) is 0 Å². The molecular weight excluding hydrogens is 364 g/mol. The number of nitrogens with zero attached hydrogens (tertiary/aromatic N) is 4. The third-order valence-electron chi connectivity index (χ3n) is 5.40. The molecule has 0 spiro atoms. The highest BCUT2D eigenvalue weighted by Crippen LogP contribution is 2.42.